The number of methoxy groups -OCH3 is 1. The van der Waals surface area contributed by atoms with Crippen LogP contribution in [0, 0.1) is 34.5 Å². The standard InChI is InChI=1S/C36H43NO3/c1-6-7-11-24-22-37(25-16-18-26(40-5)19-17-25)34(39)30(24)33(38)31-29-20-21-36(4,35(29,2)3)32(31)28-15-10-13-23-12-8-9-14-27(23)28/h8-10,12-19,24,29-32H,6-7,11,20-22H2,1-5H3/t24?,29-,30?,31-,32-,36+/m1/s1. The average Bonchev–Trinajstić information content (AvgIpc) is 3.48. The van der Waals surface area contributed by atoms with Gasteiger partial charge < -0.3 is 9.64 Å². The van der Waals surface area contributed by atoms with Crippen LogP contribution in [-0.4, -0.2) is 25.3 Å². The highest BCUT2D eigenvalue weighted by Crippen LogP contribution is 2.74. The predicted octanol–water partition coefficient (Wildman–Crippen LogP) is 8.04. The van der Waals surface area contributed by atoms with Crippen LogP contribution in [0.3, 0.4) is 0 Å². The van der Waals surface area contributed by atoms with Crippen molar-refractivity contribution in [3.63, 3.8) is 0 Å². The zero-order valence-corrected chi connectivity index (χ0v) is 24.7. The Morgan fingerprint density at radius 3 is 2.45 bits per heavy atom. The maximum atomic E-state index is 15.0. The lowest BCUT2D eigenvalue weighted by molar-refractivity contribution is -0.136. The van der Waals surface area contributed by atoms with Gasteiger partial charge in [0.25, 0.3) is 0 Å². The molecule has 0 spiro atoms. The molecule has 210 valence electrons. The Hall–Kier alpha value is -3.14. The number of benzene rings is 3. The van der Waals surface area contributed by atoms with E-state index in [0.29, 0.717) is 6.54 Å². The van der Waals surface area contributed by atoms with E-state index in [1.54, 1.807) is 7.11 Å². The molecule has 4 nitrogen and oxygen atoms in total. The van der Waals surface area contributed by atoms with Gasteiger partial charge in [0.2, 0.25) is 5.91 Å². The van der Waals surface area contributed by atoms with Crippen LogP contribution in [0.15, 0.2) is 66.7 Å². The highest BCUT2D eigenvalue weighted by atomic mass is 16.5. The first-order valence-electron chi connectivity index (χ1n) is 15.2. The highest BCUT2D eigenvalue weighted by Gasteiger charge is 2.69. The zero-order chi connectivity index (χ0) is 28.2. The molecule has 1 amide bonds. The van der Waals surface area contributed by atoms with Gasteiger partial charge in [-0.2, -0.15) is 0 Å². The van der Waals surface area contributed by atoms with E-state index in [1.165, 1.54) is 16.3 Å². The summed E-state index contributed by atoms with van der Waals surface area (Å²) in [6.45, 7) is 9.97. The van der Waals surface area contributed by atoms with Gasteiger partial charge in [-0.15, -0.1) is 0 Å². The number of nitrogens with zero attached hydrogens (tertiary/aromatic N) is 1. The molecule has 2 aliphatic carbocycles. The second-order valence-electron chi connectivity index (χ2n) is 13.3. The van der Waals surface area contributed by atoms with E-state index >= 15 is 0 Å². The van der Waals surface area contributed by atoms with Crippen LogP contribution in [0.5, 0.6) is 5.75 Å². The Morgan fingerprint density at radius 2 is 1.73 bits per heavy atom. The molecule has 40 heavy (non-hydrogen) atoms. The molecular weight excluding hydrogens is 494 g/mol. The molecule has 1 saturated heterocycles. The van der Waals surface area contributed by atoms with Gasteiger partial charge in [0.05, 0.1) is 7.11 Å². The zero-order valence-electron chi connectivity index (χ0n) is 24.7. The summed E-state index contributed by atoms with van der Waals surface area (Å²) >= 11 is 0. The summed E-state index contributed by atoms with van der Waals surface area (Å²) in [5.74, 6) is 0.660. The Bertz CT molecular complexity index is 1420. The Balaban J connectivity index is 1.42. The van der Waals surface area contributed by atoms with Crippen molar-refractivity contribution in [2.24, 2.45) is 34.5 Å². The van der Waals surface area contributed by atoms with Crippen LogP contribution in [0.1, 0.15) is 71.3 Å². The summed E-state index contributed by atoms with van der Waals surface area (Å²) in [4.78, 5) is 31.1. The molecule has 0 N–H and O–H groups in total. The summed E-state index contributed by atoms with van der Waals surface area (Å²) < 4.78 is 5.34. The fourth-order valence-corrected chi connectivity index (χ4v) is 8.88. The van der Waals surface area contributed by atoms with Gasteiger partial charge >= 0.3 is 0 Å². The molecule has 3 aromatic carbocycles. The topological polar surface area (TPSA) is 46.6 Å². The van der Waals surface area contributed by atoms with Crippen molar-refractivity contribution in [3.8, 4) is 5.75 Å². The third-order valence-electron chi connectivity index (χ3n) is 11.4. The van der Waals surface area contributed by atoms with Gasteiger partial charge in [-0.3, -0.25) is 9.59 Å². The van der Waals surface area contributed by atoms with Gasteiger partial charge in [-0.1, -0.05) is 83.0 Å². The van der Waals surface area contributed by atoms with Crippen molar-refractivity contribution < 1.29 is 14.3 Å². The second-order valence-corrected chi connectivity index (χ2v) is 13.3. The van der Waals surface area contributed by atoms with Crippen LogP contribution in [0.4, 0.5) is 5.69 Å². The molecule has 4 heteroatoms. The van der Waals surface area contributed by atoms with Crippen molar-refractivity contribution >= 4 is 28.2 Å². The fraction of sp³-hybridized carbons (Fsp3) is 0.500. The van der Waals surface area contributed by atoms with E-state index in [1.807, 2.05) is 29.2 Å². The molecule has 1 heterocycles. The second kappa shape index (κ2) is 10.0. The average molecular weight is 538 g/mol. The van der Waals surface area contributed by atoms with Gasteiger partial charge in [-0.25, -0.2) is 0 Å². The maximum absolute atomic E-state index is 15.0. The van der Waals surface area contributed by atoms with Gasteiger partial charge in [-0.05, 0) is 82.5 Å². The summed E-state index contributed by atoms with van der Waals surface area (Å²) in [7, 11) is 1.65. The summed E-state index contributed by atoms with van der Waals surface area (Å²) in [5.41, 5.74) is 2.16. The molecule has 3 fully saturated rings. The fourth-order valence-electron chi connectivity index (χ4n) is 8.88. The molecule has 2 saturated carbocycles. The number of carbonyl (C=O) groups excluding carboxylic acids is 2. The molecular formula is C36H43NO3. The van der Waals surface area contributed by atoms with E-state index < -0.39 is 5.92 Å². The van der Waals surface area contributed by atoms with Crippen LogP contribution in [0.2, 0.25) is 0 Å². The minimum atomic E-state index is -0.574. The minimum absolute atomic E-state index is 0.00163. The molecule has 6 atom stereocenters. The summed E-state index contributed by atoms with van der Waals surface area (Å²) in [6, 6.07) is 22.8. The molecule has 3 aliphatic rings. The number of ether oxygens (including phenoxy) is 1. The molecule has 2 unspecified atom stereocenters. The maximum Gasteiger partial charge on any atom is 0.237 e. The van der Waals surface area contributed by atoms with Crippen molar-refractivity contribution in [2.75, 3.05) is 18.6 Å². The number of amides is 1. The van der Waals surface area contributed by atoms with Crippen LogP contribution in [-0.2, 0) is 9.59 Å². The summed E-state index contributed by atoms with van der Waals surface area (Å²) in [5, 5.41) is 2.47. The largest absolute Gasteiger partial charge is 0.497 e. The van der Waals surface area contributed by atoms with Gasteiger partial charge in [0.15, 0.2) is 0 Å². The number of fused-ring (bicyclic) bond motifs is 3. The number of hydrogen-bond donors (Lipinski definition) is 0. The van der Waals surface area contributed by atoms with Crippen molar-refractivity contribution in [3.05, 3.63) is 72.3 Å². The predicted molar refractivity (Wildman–Crippen MR) is 162 cm³/mol. The normalized spacial score (nSPS) is 30.8. The van der Waals surface area contributed by atoms with E-state index in [4.69, 9.17) is 4.74 Å². The first kappa shape index (κ1) is 27.1. The van der Waals surface area contributed by atoms with E-state index in [0.717, 1.165) is 43.5 Å². The smallest absolute Gasteiger partial charge is 0.237 e. The SMILES string of the molecule is CCCCC1CN(c2ccc(OC)cc2)C(=O)C1C(=O)[C@@H]1[C@H]2CC[C@@](C)([C@@H]1c1cccc3ccccc13)C2(C)C. The lowest BCUT2D eigenvalue weighted by Crippen LogP contribution is -2.40. The number of hydrogen-bond acceptors (Lipinski definition) is 3. The third-order valence-corrected chi connectivity index (χ3v) is 11.4. The lowest BCUT2D eigenvalue weighted by atomic mass is 9.62. The van der Waals surface area contributed by atoms with Crippen molar-refractivity contribution in [2.45, 2.75) is 65.7 Å². The first-order chi connectivity index (χ1) is 19.2. The van der Waals surface area contributed by atoms with Crippen molar-refractivity contribution in [1.82, 2.24) is 0 Å². The number of unbranched alkanes of at least 4 members (excludes halogenated alkanes) is 1. The Labute approximate surface area is 239 Å². The minimum Gasteiger partial charge on any atom is -0.497 e. The lowest BCUT2D eigenvalue weighted by Gasteiger charge is -2.41. The molecule has 6 rings (SSSR count). The number of anilines is 1. The Morgan fingerprint density at radius 1 is 1.00 bits per heavy atom. The van der Waals surface area contributed by atoms with Crippen LogP contribution < -0.4 is 9.64 Å². The van der Waals surface area contributed by atoms with Gasteiger partial charge in [0.1, 0.15) is 17.5 Å². The number of carbonyl (C=O) groups is 2. The highest BCUT2D eigenvalue weighted by molar-refractivity contribution is 6.12. The summed E-state index contributed by atoms with van der Waals surface area (Å²) in [6.07, 6.45) is 5.18. The Kier molecular flexibility index (Phi) is 6.79. The van der Waals surface area contributed by atoms with Crippen LogP contribution >= 0.6 is 0 Å². The monoisotopic (exact) mass is 537 g/mol. The molecule has 0 radical (unpaired) electrons. The molecule has 1 aliphatic heterocycles. The van der Waals surface area contributed by atoms with E-state index in [2.05, 4.69) is 70.2 Å². The van der Waals surface area contributed by atoms with Crippen LogP contribution in [0.25, 0.3) is 10.8 Å². The first-order valence-corrected chi connectivity index (χ1v) is 15.2. The molecule has 2 bridgehead atoms. The molecule has 0 aromatic heterocycles. The van der Waals surface area contributed by atoms with Gasteiger partial charge in [0, 0.05) is 24.1 Å². The van der Waals surface area contributed by atoms with E-state index in [9.17, 15) is 9.59 Å². The number of Topliss-reactive ketones (excluding diaryl/α,β-unsaturated/α-hetero) is 1. The quantitative estimate of drug-likeness (QED) is 0.273. The number of ketones is 1. The molecule has 3 aromatic rings. The van der Waals surface area contributed by atoms with E-state index in [-0.39, 0.29) is 46.2 Å². The third kappa shape index (κ3) is 3.93. The number of rotatable bonds is 8. The van der Waals surface area contributed by atoms with Crippen molar-refractivity contribution in [1.29, 1.82) is 0 Å².